The molecule has 15 heavy (non-hydrogen) atoms. The highest BCUT2D eigenvalue weighted by Gasteiger charge is 2.05. The van der Waals surface area contributed by atoms with E-state index in [0.717, 1.165) is 12.8 Å². The van der Waals surface area contributed by atoms with E-state index in [1.807, 2.05) is 0 Å². The summed E-state index contributed by atoms with van der Waals surface area (Å²) in [6.07, 6.45) is 10.6. The highest BCUT2D eigenvalue weighted by atomic mass is 16.5. The van der Waals surface area contributed by atoms with Gasteiger partial charge in [0.25, 0.3) is 0 Å². The lowest BCUT2D eigenvalue weighted by Gasteiger charge is -2.14. The average molecular weight is 216 g/mol. The van der Waals surface area contributed by atoms with Crippen LogP contribution in [-0.4, -0.2) is 24.4 Å². The van der Waals surface area contributed by atoms with Gasteiger partial charge in [-0.2, -0.15) is 0 Å². The normalized spacial score (nSPS) is 13.0. The monoisotopic (exact) mass is 216 g/mol. The van der Waals surface area contributed by atoms with Crippen LogP contribution in [0.4, 0.5) is 0 Å². The number of ether oxygens (including phenoxy) is 1. The Morgan fingerprint density at radius 3 is 2.27 bits per heavy atom. The Balaban J connectivity index is 3.22. The van der Waals surface area contributed by atoms with Crippen LogP contribution in [0.5, 0.6) is 0 Å². The Bertz CT molecular complexity index is 115. The second kappa shape index (κ2) is 12.0. The summed E-state index contributed by atoms with van der Waals surface area (Å²) < 4.78 is 5.52. The summed E-state index contributed by atoms with van der Waals surface area (Å²) in [4.78, 5) is 0. The Morgan fingerprint density at radius 2 is 1.67 bits per heavy atom. The molecule has 0 aliphatic heterocycles. The second-order valence-electron chi connectivity index (χ2n) is 4.18. The SMILES string of the molecule is CCCCCCCCC(CC)OCCO. The topological polar surface area (TPSA) is 29.5 Å². The predicted octanol–water partition coefficient (Wildman–Crippen LogP) is 3.52. The van der Waals surface area contributed by atoms with Gasteiger partial charge in [-0.05, 0) is 12.8 Å². The van der Waals surface area contributed by atoms with Gasteiger partial charge in [0.15, 0.2) is 0 Å². The first-order chi connectivity index (χ1) is 7.35. The van der Waals surface area contributed by atoms with Crippen molar-refractivity contribution in [2.45, 2.75) is 71.3 Å². The number of rotatable bonds is 11. The maximum atomic E-state index is 8.65. The molecular weight excluding hydrogens is 188 g/mol. The first kappa shape index (κ1) is 14.9. The molecule has 0 saturated heterocycles. The number of hydrogen-bond acceptors (Lipinski definition) is 2. The van der Waals surface area contributed by atoms with Crippen LogP contribution >= 0.6 is 0 Å². The molecule has 1 unspecified atom stereocenters. The fraction of sp³-hybridized carbons (Fsp3) is 1.00. The van der Waals surface area contributed by atoms with Crippen LogP contribution in [0.1, 0.15) is 65.2 Å². The molecule has 0 fully saturated rings. The van der Waals surface area contributed by atoms with E-state index >= 15 is 0 Å². The fourth-order valence-corrected chi connectivity index (χ4v) is 1.78. The highest BCUT2D eigenvalue weighted by Crippen LogP contribution is 2.12. The summed E-state index contributed by atoms with van der Waals surface area (Å²) in [5.74, 6) is 0. The number of unbranched alkanes of at least 4 members (excludes halogenated alkanes) is 5. The van der Waals surface area contributed by atoms with E-state index in [-0.39, 0.29) is 6.61 Å². The molecule has 0 aromatic heterocycles. The zero-order valence-corrected chi connectivity index (χ0v) is 10.5. The minimum absolute atomic E-state index is 0.146. The zero-order valence-electron chi connectivity index (χ0n) is 10.5. The van der Waals surface area contributed by atoms with Gasteiger partial charge in [-0.1, -0.05) is 52.4 Å². The summed E-state index contributed by atoms with van der Waals surface area (Å²) in [6.45, 7) is 5.04. The summed E-state index contributed by atoms with van der Waals surface area (Å²) in [5, 5.41) is 8.65. The third-order valence-corrected chi connectivity index (χ3v) is 2.78. The summed E-state index contributed by atoms with van der Waals surface area (Å²) in [5.41, 5.74) is 0. The van der Waals surface area contributed by atoms with Crippen LogP contribution in [0.25, 0.3) is 0 Å². The molecule has 0 aliphatic carbocycles. The van der Waals surface area contributed by atoms with Gasteiger partial charge in [0.1, 0.15) is 0 Å². The van der Waals surface area contributed by atoms with E-state index in [9.17, 15) is 0 Å². The molecule has 0 spiro atoms. The van der Waals surface area contributed by atoms with Crippen LogP contribution < -0.4 is 0 Å². The lowest BCUT2D eigenvalue weighted by molar-refractivity contribution is 0.0208. The molecule has 0 rings (SSSR count). The summed E-state index contributed by atoms with van der Waals surface area (Å²) in [7, 11) is 0. The Kier molecular flexibility index (Phi) is 11.9. The van der Waals surface area contributed by atoms with Gasteiger partial charge >= 0.3 is 0 Å². The lowest BCUT2D eigenvalue weighted by Crippen LogP contribution is -2.14. The maximum absolute atomic E-state index is 8.65. The van der Waals surface area contributed by atoms with Crippen molar-refractivity contribution in [2.24, 2.45) is 0 Å². The Morgan fingerprint density at radius 1 is 1.00 bits per heavy atom. The molecule has 0 saturated carbocycles. The van der Waals surface area contributed by atoms with Crippen LogP contribution in [0, 0.1) is 0 Å². The summed E-state index contributed by atoms with van der Waals surface area (Å²) in [6, 6.07) is 0. The van der Waals surface area contributed by atoms with E-state index < -0.39 is 0 Å². The minimum atomic E-state index is 0.146. The van der Waals surface area contributed by atoms with Gasteiger partial charge in [0.05, 0.1) is 19.3 Å². The number of aliphatic hydroxyl groups is 1. The molecule has 92 valence electrons. The lowest BCUT2D eigenvalue weighted by atomic mass is 10.1. The van der Waals surface area contributed by atoms with Gasteiger partial charge in [-0.15, -0.1) is 0 Å². The largest absolute Gasteiger partial charge is 0.394 e. The first-order valence-electron chi connectivity index (χ1n) is 6.57. The fourth-order valence-electron chi connectivity index (χ4n) is 1.78. The van der Waals surface area contributed by atoms with E-state index in [1.165, 1.54) is 38.5 Å². The van der Waals surface area contributed by atoms with E-state index in [1.54, 1.807) is 0 Å². The van der Waals surface area contributed by atoms with Crippen molar-refractivity contribution in [1.29, 1.82) is 0 Å². The van der Waals surface area contributed by atoms with E-state index in [4.69, 9.17) is 9.84 Å². The molecule has 0 aliphatic rings. The third-order valence-electron chi connectivity index (χ3n) is 2.78. The molecule has 1 N–H and O–H groups in total. The van der Waals surface area contributed by atoms with Gasteiger partial charge in [-0.3, -0.25) is 0 Å². The Hall–Kier alpha value is -0.0800. The molecular formula is C13H28O2. The number of hydrogen-bond donors (Lipinski definition) is 1. The van der Waals surface area contributed by atoms with Crippen molar-refractivity contribution in [2.75, 3.05) is 13.2 Å². The zero-order chi connectivity index (χ0) is 11.4. The van der Waals surface area contributed by atoms with Crippen molar-refractivity contribution in [1.82, 2.24) is 0 Å². The third kappa shape index (κ3) is 10.2. The molecule has 0 bridgehead atoms. The molecule has 0 aromatic rings. The van der Waals surface area contributed by atoms with Gasteiger partial charge < -0.3 is 9.84 Å². The van der Waals surface area contributed by atoms with Gasteiger partial charge in [-0.25, -0.2) is 0 Å². The van der Waals surface area contributed by atoms with Crippen molar-refractivity contribution in [3.05, 3.63) is 0 Å². The van der Waals surface area contributed by atoms with Crippen LogP contribution in [-0.2, 0) is 4.74 Å². The molecule has 1 atom stereocenters. The molecule has 0 radical (unpaired) electrons. The first-order valence-corrected chi connectivity index (χ1v) is 6.57. The van der Waals surface area contributed by atoms with E-state index in [0.29, 0.717) is 12.7 Å². The quantitative estimate of drug-likeness (QED) is 0.535. The van der Waals surface area contributed by atoms with Crippen LogP contribution in [0.3, 0.4) is 0 Å². The number of aliphatic hydroxyl groups excluding tert-OH is 1. The van der Waals surface area contributed by atoms with Crippen molar-refractivity contribution in [3.8, 4) is 0 Å². The summed E-state index contributed by atoms with van der Waals surface area (Å²) >= 11 is 0. The van der Waals surface area contributed by atoms with Crippen LogP contribution in [0.15, 0.2) is 0 Å². The van der Waals surface area contributed by atoms with Gasteiger partial charge in [0.2, 0.25) is 0 Å². The van der Waals surface area contributed by atoms with Gasteiger partial charge in [0, 0.05) is 0 Å². The smallest absolute Gasteiger partial charge is 0.0701 e. The Labute approximate surface area is 95.0 Å². The molecule has 2 nitrogen and oxygen atoms in total. The molecule has 0 aromatic carbocycles. The maximum Gasteiger partial charge on any atom is 0.0701 e. The second-order valence-corrected chi connectivity index (χ2v) is 4.18. The standard InChI is InChI=1S/C13H28O2/c1-3-5-6-7-8-9-10-13(4-2)15-12-11-14/h13-14H,3-12H2,1-2H3. The van der Waals surface area contributed by atoms with Crippen molar-refractivity contribution < 1.29 is 9.84 Å². The molecule has 0 heterocycles. The van der Waals surface area contributed by atoms with Crippen molar-refractivity contribution in [3.63, 3.8) is 0 Å². The predicted molar refractivity (Wildman–Crippen MR) is 65.1 cm³/mol. The highest BCUT2D eigenvalue weighted by molar-refractivity contribution is 4.56. The minimum Gasteiger partial charge on any atom is -0.394 e. The average Bonchev–Trinajstić information content (AvgIpc) is 2.27. The molecule has 0 amide bonds. The molecule has 2 heteroatoms. The van der Waals surface area contributed by atoms with E-state index in [2.05, 4.69) is 13.8 Å². The van der Waals surface area contributed by atoms with Crippen molar-refractivity contribution >= 4 is 0 Å². The van der Waals surface area contributed by atoms with Crippen LogP contribution in [0.2, 0.25) is 0 Å².